The maximum absolute atomic E-state index is 11.2. The highest BCUT2D eigenvalue weighted by Gasteiger charge is 2.55. The van der Waals surface area contributed by atoms with Crippen LogP contribution < -0.4 is 0 Å². The average molecular weight is 184 g/mol. The third kappa shape index (κ3) is 1.04. The van der Waals surface area contributed by atoms with Crippen molar-refractivity contribution in [3.05, 3.63) is 0 Å². The van der Waals surface area contributed by atoms with Crippen LogP contribution in [0, 0.1) is 11.8 Å². The zero-order chi connectivity index (χ0) is 9.59. The van der Waals surface area contributed by atoms with Gasteiger partial charge in [0.1, 0.15) is 6.10 Å². The number of hydrogen-bond acceptors (Lipinski definition) is 4. The summed E-state index contributed by atoms with van der Waals surface area (Å²) in [7, 11) is 0. The first-order valence-corrected chi connectivity index (χ1v) is 4.56. The maximum Gasteiger partial charge on any atom is 0.348 e. The molecule has 4 nitrogen and oxygen atoms in total. The van der Waals surface area contributed by atoms with E-state index in [0.29, 0.717) is 0 Å². The molecule has 0 aromatic rings. The lowest BCUT2D eigenvalue weighted by Gasteiger charge is -2.14. The molecule has 0 amide bonds. The number of fused-ring (bicyclic) bond motifs is 1. The lowest BCUT2D eigenvalue weighted by Crippen LogP contribution is -2.24. The fourth-order valence-corrected chi connectivity index (χ4v) is 2.10. The number of hydrogen-bond donors (Lipinski definition) is 0. The summed E-state index contributed by atoms with van der Waals surface area (Å²) >= 11 is 0. The SMILES string of the molecule is CCC1OC(=O)C2OC(=O)C(C)C12. The van der Waals surface area contributed by atoms with Crippen LogP contribution in [0.3, 0.4) is 0 Å². The summed E-state index contributed by atoms with van der Waals surface area (Å²) in [4.78, 5) is 22.4. The van der Waals surface area contributed by atoms with Crippen molar-refractivity contribution >= 4 is 11.9 Å². The second kappa shape index (κ2) is 2.72. The van der Waals surface area contributed by atoms with E-state index in [0.717, 1.165) is 6.42 Å². The molecule has 0 radical (unpaired) electrons. The van der Waals surface area contributed by atoms with Crippen molar-refractivity contribution in [2.75, 3.05) is 0 Å². The standard InChI is InChI=1S/C9H12O4/c1-3-5-6-4(2)8(10)13-7(6)9(11)12-5/h4-7H,3H2,1-2H3. The molecular weight excluding hydrogens is 172 g/mol. The van der Waals surface area contributed by atoms with Crippen LogP contribution in [0.5, 0.6) is 0 Å². The lowest BCUT2D eigenvalue weighted by atomic mass is 9.88. The molecule has 4 heteroatoms. The molecule has 2 aliphatic heterocycles. The van der Waals surface area contributed by atoms with E-state index in [2.05, 4.69) is 0 Å². The van der Waals surface area contributed by atoms with Gasteiger partial charge >= 0.3 is 11.9 Å². The van der Waals surface area contributed by atoms with Gasteiger partial charge in [-0.25, -0.2) is 4.79 Å². The molecule has 13 heavy (non-hydrogen) atoms. The van der Waals surface area contributed by atoms with Crippen molar-refractivity contribution in [1.82, 2.24) is 0 Å². The Labute approximate surface area is 76.2 Å². The Bertz CT molecular complexity index is 260. The largest absolute Gasteiger partial charge is 0.459 e. The average Bonchev–Trinajstić information content (AvgIpc) is 2.55. The number of rotatable bonds is 1. The predicted molar refractivity (Wildman–Crippen MR) is 42.7 cm³/mol. The van der Waals surface area contributed by atoms with Crippen molar-refractivity contribution in [2.24, 2.45) is 11.8 Å². The van der Waals surface area contributed by atoms with Crippen LogP contribution in [0.15, 0.2) is 0 Å². The quantitative estimate of drug-likeness (QED) is 0.557. The highest BCUT2D eigenvalue weighted by atomic mass is 16.6. The minimum Gasteiger partial charge on any atom is -0.459 e. The zero-order valence-corrected chi connectivity index (χ0v) is 7.65. The first-order chi connectivity index (χ1) is 6.15. The fourth-order valence-electron chi connectivity index (χ4n) is 2.10. The predicted octanol–water partition coefficient (Wildman–Crippen LogP) is 0.499. The molecule has 4 atom stereocenters. The van der Waals surface area contributed by atoms with E-state index in [1.165, 1.54) is 0 Å². The van der Waals surface area contributed by atoms with Crippen LogP contribution in [0.4, 0.5) is 0 Å². The normalized spacial score (nSPS) is 42.9. The molecule has 0 spiro atoms. The van der Waals surface area contributed by atoms with Gasteiger partial charge in [-0.05, 0) is 6.42 Å². The van der Waals surface area contributed by atoms with Gasteiger partial charge in [0.2, 0.25) is 6.10 Å². The monoisotopic (exact) mass is 184 g/mol. The van der Waals surface area contributed by atoms with E-state index >= 15 is 0 Å². The van der Waals surface area contributed by atoms with Gasteiger partial charge in [0, 0.05) is 0 Å². The molecule has 2 fully saturated rings. The van der Waals surface area contributed by atoms with Gasteiger partial charge in [-0.2, -0.15) is 0 Å². The Morgan fingerprint density at radius 1 is 1.23 bits per heavy atom. The smallest absolute Gasteiger partial charge is 0.348 e. The highest BCUT2D eigenvalue weighted by molar-refractivity contribution is 5.87. The van der Waals surface area contributed by atoms with Crippen molar-refractivity contribution < 1.29 is 19.1 Å². The third-order valence-corrected chi connectivity index (χ3v) is 2.87. The van der Waals surface area contributed by atoms with Crippen LogP contribution in [0.2, 0.25) is 0 Å². The first kappa shape index (κ1) is 8.53. The van der Waals surface area contributed by atoms with Gasteiger partial charge in [0.05, 0.1) is 11.8 Å². The molecule has 0 bridgehead atoms. The van der Waals surface area contributed by atoms with E-state index in [1.54, 1.807) is 6.92 Å². The van der Waals surface area contributed by atoms with Crippen molar-refractivity contribution in [3.63, 3.8) is 0 Å². The van der Waals surface area contributed by atoms with E-state index in [1.807, 2.05) is 6.92 Å². The van der Waals surface area contributed by atoms with Crippen LogP contribution >= 0.6 is 0 Å². The van der Waals surface area contributed by atoms with E-state index < -0.39 is 6.10 Å². The van der Waals surface area contributed by atoms with E-state index in [-0.39, 0.29) is 29.9 Å². The Morgan fingerprint density at radius 3 is 2.54 bits per heavy atom. The molecule has 2 rings (SSSR count). The fraction of sp³-hybridized carbons (Fsp3) is 0.778. The number of ether oxygens (including phenoxy) is 2. The van der Waals surface area contributed by atoms with Gasteiger partial charge < -0.3 is 9.47 Å². The Kier molecular flexibility index (Phi) is 1.78. The summed E-state index contributed by atoms with van der Waals surface area (Å²) in [5.74, 6) is -0.925. The van der Waals surface area contributed by atoms with Crippen LogP contribution in [-0.2, 0) is 19.1 Å². The summed E-state index contributed by atoms with van der Waals surface area (Å²) in [5.41, 5.74) is 0. The zero-order valence-electron chi connectivity index (χ0n) is 7.65. The molecule has 0 aliphatic carbocycles. The molecule has 2 saturated heterocycles. The van der Waals surface area contributed by atoms with Gasteiger partial charge in [0.15, 0.2) is 0 Å². The molecule has 2 heterocycles. The topological polar surface area (TPSA) is 52.6 Å². The van der Waals surface area contributed by atoms with Gasteiger partial charge in [-0.1, -0.05) is 13.8 Å². The minimum absolute atomic E-state index is 0.0648. The first-order valence-electron chi connectivity index (χ1n) is 4.56. The molecule has 0 N–H and O–H groups in total. The Hall–Kier alpha value is -1.06. The van der Waals surface area contributed by atoms with Crippen molar-refractivity contribution in [3.8, 4) is 0 Å². The summed E-state index contributed by atoms with van der Waals surface area (Å²) in [6, 6.07) is 0. The van der Waals surface area contributed by atoms with Gasteiger partial charge in [-0.3, -0.25) is 4.79 Å². The Balaban J connectivity index is 2.25. The molecule has 72 valence electrons. The van der Waals surface area contributed by atoms with Crippen LogP contribution in [0.1, 0.15) is 20.3 Å². The van der Waals surface area contributed by atoms with Crippen molar-refractivity contribution in [1.29, 1.82) is 0 Å². The molecule has 0 aromatic heterocycles. The number of esters is 2. The Morgan fingerprint density at radius 2 is 1.92 bits per heavy atom. The lowest BCUT2D eigenvalue weighted by molar-refractivity contribution is -0.159. The van der Waals surface area contributed by atoms with Crippen molar-refractivity contribution in [2.45, 2.75) is 32.5 Å². The molecular formula is C9H12O4. The number of cyclic esters (lactones) is 1. The molecule has 4 unspecified atom stereocenters. The second-order valence-electron chi connectivity index (χ2n) is 3.61. The molecule has 0 saturated carbocycles. The highest BCUT2D eigenvalue weighted by Crippen LogP contribution is 2.39. The minimum atomic E-state index is -0.632. The van der Waals surface area contributed by atoms with Gasteiger partial charge in [-0.15, -0.1) is 0 Å². The number of carbonyl (C=O) groups is 2. The summed E-state index contributed by atoms with van der Waals surface area (Å²) in [6.45, 7) is 3.73. The molecule has 0 aromatic carbocycles. The third-order valence-electron chi connectivity index (χ3n) is 2.87. The second-order valence-corrected chi connectivity index (χ2v) is 3.61. The van der Waals surface area contributed by atoms with E-state index in [4.69, 9.17) is 9.47 Å². The summed E-state index contributed by atoms with van der Waals surface area (Å²) in [6.07, 6.45) is -0.0279. The van der Waals surface area contributed by atoms with Crippen LogP contribution in [-0.4, -0.2) is 24.1 Å². The number of carbonyl (C=O) groups excluding carboxylic acids is 2. The van der Waals surface area contributed by atoms with E-state index in [9.17, 15) is 9.59 Å². The summed E-state index contributed by atoms with van der Waals surface area (Å²) < 4.78 is 10.0. The summed E-state index contributed by atoms with van der Waals surface area (Å²) in [5, 5.41) is 0. The van der Waals surface area contributed by atoms with Crippen LogP contribution in [0.25, 0.3) is 0 Å². The molecule has 2 aliphatic rings. The maximum atomic E-state index is 11.2. The van der Waals surface area contributed by atoms with Gasteiger partial charge in [0.25, 0.3) is 0 Å².